The number of nitrogens with zero attached hydrogens (tertiary/aromatic N) is 7. The van der Waals surface area contributed by atoms with Crippen molar-refractivity contribution in [3.63, 3.8) is 0 Å². The maximum atomic E-state index is 14.5. The summed E-state index contributed by atoms with van der Waals surface area (Å²) in [6.45, 7) is 22.0. The number of benzene rings is 1. The second-order valence-corrected chi connectivity index (χ2v) is 29.9. The number of imidazole rings is 2. The molecule has 322 valence electrons. The average molecular weight is 851 g/mol. The monoisotopic (exact) mass is 850 g/mol. The van der Waals surface area contributed by atoms with Gasteiger partial charge < -0.3 is 24.4 Å². The molecule has 1 saturated heterocycles. The van der Waals surface area contributed by atoms with Crippen molar-refractivity contribution >= 4 is 56.2 Å². The lowest BCUT2D eigenvalue weighted by molar-refractivity contribution is 0.0499. The zero-order valence-corrected chi connectivity index (χ0v) is 38.7. The van der Waals surface area contributed by atoms with E-state index in [1.807, 2.05) is 4.90 Å². The SMILES string of the molecule is CC#CCn1c(N2CCCC(NC(=O)OC(C)(C)C)C2)nc2c1c(=O)n(CC(=O)c1cccc3c1n(COCC[Si](C)(C)C)c(=O)n3COCC[Si](C)(C)C)c(=O)n2C. The number of carbonyl (C=O) groups is 2. The second-order valence-electron chi connectivity index (χ2n) is 18.7. The number of piperidine rings is 1. The molecule has 3 aromatic heterocycles. The number of ketones is 1. The van der Waals surface area contributed by atoms with Gasteiger partial charge in [0, 0.05) is 61.1 Å². The number of carbonyl (C=O) groups excluding carboxylic acids is 2. The van der Waals surface area contributed by atoms with Crippen LogP contribution in [-0.4, -0.2) is 93.8 Å². The highest BCUT2D eigenvalue weighted by atomic mass is 28.3. The number of anilines is 1. The normalized spacial score (nSPS) is 15.1. The van der Waals surface area contributed by atoms with Crippen molar-refractivity contribution in [3.8, 4) is 11.8 Å². The van der Waals surface area contributed by atoms with E-state index in [0.29, 0.717) is 43.3 Å². The van der Waals surface area contributed by atoms with Gasteiger partial charge in [-0.2, -0.15) is 4.98 Å². The van der Waals surface area contributed by atoms with Gasteiger partial charge in [-0.05, 0) is 64.8 Å². The van der Waals surface area contributed by atoms with E-state index in [0.717, 1.165) is 29.5 Å². The summed E-state index contributed by atoms with van der Waals surface area (Å²) in [4.78, 5) is 76.2. The molecule has 1 N–H and O–H groups in total. The largest absolute Gasteiger partial charge is 0.444 e. The van der Waals surface area contributed by atoms with Gasteiger partial charge in [-0.15, -0.1) is 5.92 Å². The first kappa shape index (κ1) is 45.4. The molecule has 1 fully saturated rings. The van der Waals surface area contributed by atoms with E-state index in [1.165, 1.54) is 20.7 Å². The molecule has 5 rings (SSSR count). The summed E-state index contributed by atoms with van der Waals surface area (Å²) in [5, 5.41) is 2.95. The van der Waals surface area contributed by atoms with Crippen molar-refractivity contribution in [1.29, 1.82) is 0 Å². The number of amides is 1. The number of Topliss-reactive ketones (excluding diaryl/α,β-unsaturated/α-hetero) is 1. The Bertz CT molecular complexity index is 2430. The zero-order chi connectivity index (χ0) is 43.4. The molecule has 0 radical (unpaired) electrons. The van der Waals surface area contributed by atoms with Gasteiger partial charge in [0.05, 0.1) is 24.1 Å². The molecule has 18 heteroatoms. The third-order valence-corrected chi connectivity index (χ3v) is 13.5. The lowest BCUT2D eigenvalue weighted by atomic mass is 10.1. The van der Waals surface area contributed by atoms with Crippen LogP contribution in [0.4, 0.5) is 10.7 Å². The number of nitrogens with one attached hydrogen (secondary N) is 1. The van der Waals surface area contributed by atoms with Crippen LogP contribution in [0.15, 0.2) is 32.6 Å². The fourth-order valence-corrected chi connectivity index (χ4v) is 8.46. The number of hydrogen-bond donors (Lipinski definition) is 1. The quantitative estimate of drug-likeness (QED) is 0.0699. The molecule has 4 aromatic rings. The molecular formula is C41H62N8O8Si2. The Hall–Kier alpha value is -4.71. The van der Waals surface area contributed by atoms with Crippen LogP contribution in [0.1, 0.15) is 50.9 Å². The van der Waals surface area contributed by atoms with E-state index >= 15 is 0 Å². The van der Waals surface area contributed by atoms with Crippen LogP contribution in [0.2, 0.25) is 51.4 Å². The Labute approximate surface area is 347 Å². The first-order valence-corrected chi connectivity index (χ1v) is 27.8. The standard InChI is InChI=1S/C41H62N8O8Si2/c1-12-13-20-46-34-35(43-37(46)45-19-15-16-29(25-45)42-38(52)57-41(2,3)4)44(5)39(53)47(36(34)51)26-32(50)30-17-14-18-31-33(30)49(28-56-22-24-59(9,10)11)40(54)48(31)27-55-21-23-58(6,7)8/h14,17-18,29H,15-16,19-28H2,1-11H3,(H,42,52). The third kappa shape index (κ3) is 11.1. The number of hydrogen-bond acceptors (Lipinski definition) is 10. The minimum absolute atomic E-state index is 0.00215. The molecule has 1 amide bonds. The van der Waals surface area contributed by atoms with Crippen LogP contribution in [0.5, 0.6) is 0 Å². The topological polar surface area (TPSA) is 166 Å². The highest BCUT2D eigenvalue weighted by Gasteiger charge is 2.30. The smallest absolute Gasteiger partial charge is 0.407 e. The Morgan fingerprint density at radius 1 is 0.898 bits per heavy atom. The van der Waals surface area contributed by atoms with E-state index in [1.54, 1.807) is 50.5 Å². The molecule has 16 nitrogen and oxygen atoms in total. The van der Waals surface area contributed by atoms with Crippen LogP contribution >= 0.6 is 0 Å². The van der Waals surface area contributed by atoms with Crippen LogP contribution in [0.3, 0.4) is 0 Å². The van der Waals surface area contributed by atoms with Gasteiger partial charge in [0.15, 0.2) is 16.9 Å². The number of aryl methyl sites for hydroxylation is 1. The Kier molecular flexibility index (Phi) is 14.1. The predicted molar refractivity (Wildman–Crippen MR) is 236 cm³/mol. The molecule has 59 heavy (non-hydrogen) atoms. The Morgan fingerprint density at radius 2 is 1.54 bits per heavy atom. The highest BCUT2D eigenvalue weighted by Crippen LogP contribution is 2.25. The fraction of sp³-hybridized carbons (Fsp3) is 0.610. The summed E-state index contributed by atoms with van der Waals surface area (Å²) in [6.07, 6.45) is 0.931. The van der Waals surface area contributed by atoms with Crippen LogP contribution in [0, 0.1) is 11.8 Å². The van der Waals surface area contributed by atoms with Gasteiger partial charge in [0.2, 0.25) is 5.95 Å². The molecule has 0 aliphatic carbocycles. The molecule has 4 heterocycles. The summed E-state index contributed by atoms with van der Waals surface area (Å²) in [7, 11) is -1.30. The van der Waals surface area contributed by atoms with Crippen molar-refractivity contribution in [3.05, 3.63) is 55.1 Å². The van der Waals surface area contributed by atoms with Gasteiger partial charge in [-0.25, -0.2) is 14.4 Å². The number of alkyl carbamates (subject to hydrolysis) is 1. The predicted octanol–water partition coefficient (Wildman–Crippen LogP) is 5.04. The lowest BCUT2D eigenvalue weighted by Crippen LogP contribution is -2.49. The number of fused-ring (bicyclic) bond motifs is 2. The molecule has 1 aliphatic rings. The summed E-state index contributed by atoms with van der Waals surface area (Å²) in [5.74, 6) is 5.80. The van der Waals surface area contributed by atoms with E-state index in [4.69, 9.17) is 19.2 Å². The van der Waals surface area contributed by atoms with Gasteiger partial charge in [0.1, 0.15) is 19.1 Å². The van der Waals surface area contributed by atoms with E-state index < -0.39 is 51.4 Å². The minimum Gasteiger partial charge on any atom is -0.444 e. The molecule has 1 atom stereocenters. The van der Waals surface area contributed by atoms with Crippen molar-refractivity contribution in [2.45, 2.75) is 130 Å². The molecule has 0 spiro atoms. The van der Waals surface area contributed by atoms with Crippen LogP contribution in [0.25, 0.3) is 22.2 Å². The number of rotatable bonds is 16. The number of ether oxygens (including phenoxy) is 3. The minimum atomic E-state index is -1.43. The molecule has 1 aliphatic heterocycles. The highest BCUT2D eigenvalue weighted by molar-refractivity contribution is 6.76. The fourth-order valence-electron chi connectivity index (χ4n) is 6.94. The van der Waals surface area contributed by atoms with E-state index in [2.05, 4.69) is 56.4 Å². The van der Waals surface area contributed by atoms with E-state index in [9.17, 15) is 24.0 Å². The maximum Gasteiger partial charge on any atom is 0.407 e. The summed E-state index contributed by atoms with van der Waals surface area (Å²) >= 11 is 0. The zero-order valence-electron chi connectivity index (χ0n) is 36.7. The number of aromatic nitrogens is 6. The van der Waals surface area contributed by atoms with Crippen molar-refractivity contribution < 1.29 is 23.8 Å². The summed E-state index contributed by atoms with van der Waals surface area (Å²) < 4.78 is 24.3. The molecule has 0 saturated carbocycles. The van der Waals surface area contributed by atoms with Gasteiger partial charge in [-0.1, -0.05) is 51.3 Å². The maximum absolute atomic E-state index is 14.5. The Morgan fingerprint density at radius 3 is 2.15 bits per heavy atom. The van der Waals surface area contributed by atoms with Crippen LogP contribution < -0.4 is 27.2 Å². The lowest BCUT2D eigenvalue weighted by Gasteiger charge is -2.34. The summed E-state index contributed by atoms with van der Waals surface area (Å²) in [6, 6.07) is 6.61. The van der Waals surface area contributed by atoms with Gasteiger partial charge in [0.25, 0.3) is 5.56 Å². The second kappa shape index (κ2) is 18.3. The molecule has 1 aromatic carbocycles. The first-order valence-electron chi connectivity index (χ1n) is 20.3. The average Bonchev–Trinajstić information content (AvgIpc) is 3.65. The third-order valence-electron chi connectivity index (χ3n) is 10.1. The van der Waals surface area contributed by atoms with Gasteiger partial charge in [-0.3, -0.25) is 32.4 Å². The molecule has 0 bridgehead atoms. The first-order chi connectivity index (χ1) is 27.6. The summed E-state index contributed by atoms with van der Waals surface area (Å²) in [5.41, 5.74) is -1.18. The van der Waals surface area contributed by atoms with Crippen LogP contribution in [-0.2, 0) is 47.8 Å². The van der Waals surface area contributed by atoms with E-state index in [-0.39, 0.29) is 48.5 Å². The van der Waals surface area contributed by atoms with Crippen molar-refractivity contribution in [1.82, 2.24) is 33.1 Å². The number of para-hydroxylation sites is 1. The molecular weight excluding hydrogens is 789 g/mol. The Balaban J connectivity index is 1.53. The van der Waals surface area contributed by atoms with Crippen molar-refractivity contribution in [2.75, 3.05) is 31.2 Å². The van der Waals surface area contributed by atoms with Crippen molar-refractivity contribution in [2.24, 2.45) is 7.05 Å². The molecule has 1 unspecified atom stereocenters. The van der Waals surface area contributed by atoms with Gasteiger partial charge >= 0.3 is 17.5 Å².